The van der Waals surface area contributed by atoms with Gasteiger partial charge in [-0.05, 0) is 36.4 Å². The van der Waals surface area contributed by atoms with E-state index in [-0.39, 0.29) is 29.7 Å². The van der Waals surface area contributed by atoms with Crippen molar-refractivity contribution in [2.24, 2.45) is 0 Å². The minimum absolute atomic E-state index is 0.0184. The molecule has 36 heavy (non-hydrogen) atoms. The third-order valence-electron chi connectivity index (χ3n) is 4.88. The number of thioether (sulfide) groups is 1. The van der Waals surface area contributed by atoms with Gasteiger partial charge in [-0.25, -0.2) is 4.79 Å². The van der Waals surface area contributed by atoms with Crippen LogP contribution in [-0.4, -0.2) is 57.6 Å². The number of ether oxygens (including phenoxy) is 2. The third kappa shape index (κ3) is 6.63. The summed E-state index contributed by atoms with van der Waals surface area (Å²) in [6, 6.07) is 10.8. The Morgan fingerprint density at radius 1 is 1.08 bits per heavy atom. The summed E-state index contributed by atoms with van der Waals surface area (Å²) in [5.74, 6) is -0.290. The smallest absolute Gasteiger partial charge is 0.335 e. The second-order valence-corrected chi connectivity index (χ2v) is 8.22. The number of carboxylic acids is 1. The highest BCUT2D eigenvalue weighted by atomic mass is 32.2. The van der Waals surface area contributed by atoms with Gasteiger partial charge in [0, 0.05) is 17.8 Å². The zero-order chi connectivity index (χ0) is 26.1. The summed E-state index contributed by atoms with van der Waals surface area (Å²) in [4.78, 5) is 36.1. The molecule has 0 bridgehead atoms. The van der Waals surface area contributed by atoms with Crippen molar-refractivity contribution in [2.75, 3.05) is 25.3 Å². The van der Waals surface area contributed by atoms with Crippen LogP contribution in [0.25, 0.3) is 0 Å². The number of nitrogens with one attached hydrogen (secondary N) is 2. The number of aromatic carboxylic acids is 1. The van der Waals surface area contributed by atoms with Gasteiger partial charge < -0.3 is 29.8 Å². The summed E-state index contributed by atoms with van der Waals surface area (Å²) in [6.07, 6.45) is 1.66. The lowest BCUT2D eigenvalue weighted by Crippen LogP contribution is -2.25. The molecule has 188 valence electrons. The van der Waals surface area contributed by atoms with Gasteiger partial charge >= 0.3 is 5.97 Å². The predicted molar refractivity (Wildman–Crippen MR) is 134 cm³/mol. The lowest BCUT2D eigenvalue weighted by atomic mass is 10.2. The topological polar surface area (TPSA) is 145 Å². The number of hydrogen-bond acceptors (Lipinski definition) is 8. The van der Waals surface area contributed by atoms with Gasteiger partial charge in [0.15, 0.2) is 22.5 Å². The fourth-order valence-electron chi connectivity index (χ4n) is 3.17. The number of aromatic nitrogens is 3. The molecule has 0 unspecified atom stereocenters. The number of methoxy groups -OCH3 is 2. The summed E-state index contributed by atoms with van der Waals surface area (Å²) in [7, 11) is 3.00. The Morgan fingerprint density at radius 2 is 1.86 bits per heavy atom. The maximum Gasteiger partial charge on any atom is 0.335 e. The van der Waals surface area contributed by atoms with Gasteiger partial charge in [0.05, 0.1) is 32.1 Å². The number of anilines is 1. The molecule has 0 aliphatic carbocycles. The van der Waals surface area contributed by atoms with E-state index in [4.69, 9.17) is 14.6 Å². The average molecular weight is 512 g/mol. The minimum atomic E-state index is -1.08. The normalized spacial score (nSPS) is 10.4. The first-order valence-electron chi connectivity index (χ1n) is 10.7. The molecular formula is C24H25N5O6S. The van der Waals surface area contributed by atoms with Crippen molar-refractivity contribution in [1.82, 2.24) is 20.1 Å². The van der Waals surface area contributed by atoms with Gasteiger partial charge in [-0.15, -0.1) is 16.8 Å². The van der Waals surface area contributed by atoms with E-state index in [1.165, 1.54) is 26.4 Å². The van der Waals surface area contributed by atoms with Crippen LogP contribution in [0.4, 0.5) is 5.69 Å². The quantitative estimate of drug-likeness (QED) is 0.247. The van der Waals surface area contributed by atoms with Crippen molar-refractivity contribution >= 4 is 35.2 Å². The highest BCUT2D eigenvalue weighted by Crippen LogP contribution is 2.27. The Morgan fingerprint density at radius 3 is 2.56 bits per heavy atom. The zero-order valence-corrected chi connectivity index (χ0v) is 20.5. The van der Waals surface area contributed by atoms with E-state index in [1.54, 1.807) is 41.0 Å². The fraction of sp³-hybridized carbons (Fsp3) is 0.208. The number of carbonyl (C=O) groups is 3. The Bertz CT molecular complexity index is 1280. The fourth-order valence-corrected chi connectivity index (χ4v) is 3.93. The number of benzene rings is 2. The molecule has 2 aromatic carbocycles. The summed E-state index contributed by atoms with van der Waals surface area (Å²) in [6.45, 7) is 4.22. The molecule has 3 N–H and O–H groups in total. The Kier molecular flexibility index (Phi) is 9.06. The Hall–Kier alpha value is -4.32. The van der Waals surface area contributed by atoms with E-state index in [9.17, 15) is 14.4 Å². The second kappa shape index (κ2) is 12.4. The van der Waals surface area contributed by atoms with Crippen LogP contribution in [0.1, 0.15) is 26.5 Å². The Balaban J connectivity index is 1.62. The number of hydrogen-bond donors (Lipinski definition) is 3. The third-order valence-corrected chi connectivity index (χ3v) is 5.85. The summed E-state index contributed by atoms with van der Waals surface area (Å²) in [5.41, 5.74) is 0.846. The van der Waals surface area contributed by atoms with Gasteiger partial charge in [-0.1, -0.05) is 23.9 Å². The van der Waals surface area contributed by atoms with Crippen LogP contribution in [0.5, 0.6) is 11.5 Å². The first-order valence-corrected chi connectivity index (χ1v) is 11.6. The Labute approximate surface area is 211 Å². The molecule has 11 nitrogen and oxygen atoms in total. The van der Waals surface area contributed by atoms with Crippen LogP contribution in [0.3, 0.4) is 0 Å². The molecule has 3 rings (SSSR count). The van der Waals surface area contributed by atoms with Crippen LogP contribution >= 0.6 is 11.8 Å². The summed E-state index contributed by atoms with van der Waals surface area (Å²) in [5, 5.41) is 23.3. The highest BCUT2D eigenvalue weighted by Gasteiger charge is 2.16. The second-order valence-electron chi connectivity index (χ2n) is 7.27. The van der Waals surface area contributed by atoms with E-state index in [2.05, 4.69) is 27.4 Å². The van der Waals surface area contributed by atoms with E-state index in [0.29, 0.717) is 40.3 Å². The molecular weight excluding hydrogens is 486 g/mol. The number of carbonyl (C=O) groups excluding carboxylic acids is 2. The van der Waals surface area contributed by atoms with Crippen LogP contribution in [0.2, 0.25) is 0 Å². The van der Waals surface area contributed by atoms with Crippen molar-refractivity contribution in [3.63, 3.8) is 0 Å². The number of rotatable bonds is 12. The maximum atomic E-state index is 12.6. The molecule has 3 aromatic rings. The number of allylic oxidation sites excluding steroid dienone is 1. The monoisotopic (exact) mass is 511 g/mol. The van der Waals surface area contributed by atoms with Crippen molar-refractivity contribution in [1.29, 1.82) is 0 Å². The van der Waals surface area contributed by atoms with Gasteiger partial charge in [0.25, 0.3) is 5.91 Å². The van der Waals surface area contributed by atoms with Gasteiger partial charge in [-0.2, -0.15) is 0 Å². The van der Waals surface area contributed by atoms with E-state index >= 15 is 0 Å². The van der Waals surface area contributed by atoms with E-state index in [1.807, 2.05) is 0 Å². The number of nitrogens with zero attached hydrogens (tertiary/aromatic N) is 3. The molecule has 1 aromatic heterocycles. The van der Waals surface area contributed by atoms with Crippen molar-refractivity contribution in [3.05, 3.63) is 72.1 Å². The van der Waals surface area contributed by atoms with Crippen LogP contribution in [-0.2, 0) is 17.9 Å². The number of carboxylic acid groups (broad SMARTS) is 1. The van der Waals surface area contributed by atoms with E-state index in [0.717, 1.165) is 11.8 Å². The zero-order valence-electron chi connectivity index (χ0n) is 19.7. The first kappa shape index (κ1) is 26.3. The molecule has 12 heteroatoms. The lowest BCUT2D eigenvalue weighted by Gasteiger charge is -2.11. The van der Waals surface area contributed by atoms with Crippen LogP contribution in [0, 0.1) is 0 Å². The van der Waals surface area contributed by atoms with Crippen molar-refractivity contribution in [2.45, 2.75) is 18.2 Å². The van der Waals surface area contributed by atoms with Gasteiger partial charge in [0.1, 0.15) is 0 Å². The SMILES string of the molecule is C=CCn1c(CNC(=O)c2ccc(OC)c(OC)c2)nnc1SCC(=O)Nc1cccc(C(=O)O)c1. The minimum Gasteiger partial charge on any atom is -0.493 e. The molecule has 0 fully saturated rings. The molecule has 2 amide bonds. The van der Waals surface area contributed by atoms with Crippen LogP contribution in [0.15, 0.2) is 60.3 Å². The van der Waals surface area contributed by atoms with Gasteiger partial charge in [0.2, 0.25) is 5.91 Å². The molecule has 0 saturated heterocycles. The summed E-state index contributed by atoms with van der Waals surface area (Å²) >= 11 is 1.16. The van der Waals surface area contributed by atoms with Crippen molar-refractivity contribution < 1.29 is 29.0 Å². The maximum absolute atomic E-state index is 12.6. The molecule has 0 spiro atoms. The van der Waals surface area contributed by atoms with Crippen molar-refractivity contribution in [3.8, 4) is 11.5 Å². The largest absolute Gasteiger partial charge is 0.493 e. The molecule has 0 radical (unpaired) electrons. The molecule has 1 heterocycles. The molecule has 0 aliphatic rings. The summed E-state index contributed by atoms with van der Waals surface area (Å²) < 4.78 is 12.2. The lowest BCUT2D eigenvalue weighted by molar-refractivity contribution is -0.113. The van der Waals surface area contributed by atoms with E-state index < -0.39 is 5.97 Å². The molecule has 0 atom stereocenters. The molecule has 0 aliphatic heterocycles. The molecule has 0 saturated carbocycles. The average Bonchev–Trinajstić information content (AvgIpc) is 3.27. The standard InChI is InChI=1S/C24H25N5O6S/c1-4-10-29-20(13-25-22(31)15-8-9-18(34-2)19(12-15)35-3)27-28-24(29)36-14-21(30)26-17-7-5-6-16(11-17)23(32)33/h4-9,11-12H,1,10,13-14H2,2-3H3,(H,25,31)(H,26,30)(H,32,33). The van der Waals surface area contributed by atoms with Gasteiger partial charge in [-0.3, -0.25) is 9.59 Å². The highest BCUT2D eigenvalue weighted by molar-refractivity contribution is 7.99. The predicted octanol–water partition coefficient (Wildman–Crippen LogP) is 2.84. The first-order chi connectivity index (χ1) is 17.4. The number of amides is 2. The van der Waals surface area contributed by atoms with Crippen LogP contribution < -0.4 is 20.1 Å².